The Morgan fingerprint density at radius 2 is 2.05 bits per heavy atom. The molecule has 0 radical (unpaired) electrons. The van der Waals surface area contributed by atoms with Crippen LogP contribution in [-0.4, -0.2) is 9.91 Å². The maximum atomic E-state index is 10.6. The van der Waals surface area contributed by atoms with Gasteiger partial charge in [0.25, 0.3) is 5.69 Å². The fourth-order valence-corrected chi connectivity index (χ4v) is 2.09. The van der Waals surface area contributed by atoms with Gasteiger partial charge >= 0.3 is 0 Å². The van der Waals surface area contributed by atoms with Gasteiger partial charge in [0.15, 0.2) is 0 Å². The zero-order valence-electron chi connectivity index (χ0n) is 9.55. The van der Waals surface area contributed by atoms with Crippen LogP contribution >= 0.6 is 31.9 Å². The van der Waals surface area contributed by atoms with Gasteiger partial charge in [-0.05, 0) is 34.1 Å². The molecule has 2 rings (SSSR count). The number of halogens is 2. The van der Waals surface area contributed by atoms with Crippen LogP contribution < -0.4 is 4.74 Å². The third-order valence-corrected chi connectivity index (χ3v) is 3.55. The molecule has 0 unspecified atom stereocenters. The molecule has 0 bridgehead atoms. The smallest absolute Gasteiger partial charge is 0.270 e. The SMILES string of the molecule is O=[N+]([O-])c1ccc(COc2ccc(Br)nc2)c(Br)c1. The van der Waals surface area contributed by atoms with E-state index in [0.29, 0.717) is 16.8 Å². The molecule has 98 valence electrons. The molecule has 2 aromatic rings. The van der Waals surface area contributed by atoms with E-state index in [9.17, 15) is 10.1 Å². The van der Waals surface area contributed by atoms with Gasteiger partial charge in [0.1, 0.15) is 17.0 Å². The fourth-order valence-electron chi connectivity index (χ4n) is 1.38. The Balaban J connectivity index is 2.07. The van der Waals surface area contributed by atoms with E-state index in [1.807, 2.05) is 0 Å². The van der Waals surface area contributed by atoms with Gasteiger partial charge < -0.3 is 4.74 Å². The molecular formula is C12H8Br2N2O3. The van der Waals surface area contributed by atoms with Crippen LogP contribution in [0.15, 0.2) is 45.6 Å². The van der Waals surface area contributed by atoms with Crippen molar-refractivity contribution in [1.82, 2.24) is 4.98 Å². The Morgan fingerprint density at radius 1 is 1.26 bits per heavy atom. The second-order valence-electron chi connectivity index (χ2n) is 3.64. The Labute approximate surface area is 126 Å². The summed E-state index contributed by atoms with van der Waals surface area (Å²) in [5.74, 6) is 0.633. The molecule has 0 aliphatic rings. The molecule has 19 heavy (non-hydrogen) atoms. The minimum atomic E-state index is -0.436. The van der Waals surface area contributed by atoms with Crippen LogP contribution in [0.1, 0.15) is 5.56 Å². The number of aromatic nitrogens is 1. The van der Waals surface area contributed by atoms with Gasteiger partial charge in [-0.1, -0.05) is 15.9 Å². The van der Waals surface area contributed by atoms with Crippen molar-refractivity contribution in [2.24, 2.45) is 0 Å². The predicted octanol–water partition coefficient (Wildman–Crippen LogP) is 4.09. The van der Waals surface area contributed by atoms with Crippen LogP contribution in [0.2, 0.25) is 0 Å². The predicted molar refractivity (Wildman–Crippen MR) is 77.1 cm³/mol. The number of hydrogen-bond acceptors (Lipinski definition) is 4. The van der Waals surface area contributed by atoms with E-state index in [0.717, 1.165) is 10.2 Å². The van der Waals surface area contributed by atoms with Crippen molar-refractivity contribution >= 4 is 37.5 Å². The second kappa shape index (κ2) is 6.12. The zero-order chi connectivity index (χ0) is 13.8. The highest BCUT2D eigenvalue weighted by Gasteiger charge is 2.09. The number of ether oxygens (including phenoxy) is 1. The lowest BCUT2D eigenvalue weighted by Crippen LogP contribution is -1.98. The van der Waals surface area contributed by atoms with Gasteiger partial charge in [-0.15, -0.1) is 0 Å². The van der Waals surface area contributed by atoms with Crippen molar-refractivity contribution in [3.05, 3.63) is 61.3 Å². The summed E-state index contributed by atoms with van der Waals surface area (Å²) in [4.78, 5) is 14.2. The van der Waals surface area contributed by atoms with Crippen molar-refractivity contribution in [3.63, 3.8) is 0 Å². The summed E-state index contributed by atoms with van der Waals surface area (Å²) in [7, 11) is 0. The molecule has 1 aromatic carbocycles. The average molecular weight is 388 g/mol. The van der Waals surface area contributed by atoms with Crippen LogP contribution in [0.3, 0.4) is 0 Å². The number of hydrogen-bond donors (Lipinski definition) is 0. The van der Waals surface area contributed by atoms with Gasteiger partial charge in [-0.3, -0.25) is 10.1 Å². The van der Waals surface area contributed by atoms with Crippen LogP contribution in [-0.2, 0) is 6.61 Å². The number of pyridine rings is 1. The van der Waals surface area contributed by atoms with Gasteiger partial charge in [-0.25, -0.2) is 4.98 Å². The van der Waals surface area contributed by atoms with Crippen molar-refractivity contribution < 1.29 is 9.66 Å². The number of nitro benzene ring substituents is 1. The van der Waals surface area contributed by atoms with Crippen molar-refractivity contribution in [2.45, 2.75) is 6.61 Å². The van der Waals surface area contributed by atoms with Crippen LogP contribution in [0.4, 0.5) is 5.69 Å². The summed E-state index contributed by atoms with van der Waals surface area (Å²) in [6, 6.07) is 8.13. The van der Waals surface area contributed by atoms with E-state index in [2.05, 4.69) is 36.8 Å². The third-order valence-electron chi connectivity index (χ3n) is 2.34. The minimum Gasteiger partial charge on any atom is -0.487 e. The summed E-state index contributed by atoms with van der Waals surface area (Å²) < 4.78 is 6.92. The first-order valence-electron chi connectivity index (χ1n) is 5.23. The molecule has 0 saturated heterocycles. The summed E-state index contributed by atoms with van der Waals surface area (Å²) in [6.07, 6.45) is 1.60. The summed E-state index contributed by atoms with van der Waals surface area (Å²) in [5, 5.41) is 10.6. The topological polar surface area (TPSA) is 65.3 Å². The van der Waals surface area contributed by atoms with E-state index in [4.69, 9.17) is 4.74 Å². The molecule has 1 aromatic heterocycles. The number of rotatable bonds is 4. The number of non-ortho nitro benzene ring substituents is 1. The maximum absolute atomic E-state index is 10.6. The van der Waals surface area contributed by atoms with Crippen LogP contribution in [0.5, 0.6) is 5.75 Å². The van der Waals surface area contributed by atoms with Crippen molar-refractivity contribution in [2.75, 3.05) is 0 Å². The molecule has 0 aliphatic carbocycles. The molecule has 0 fully saturated rings. The number of nitro groups is 1. The summed E-state index contributed by atoms with van der Waals surface area (Å²) >= 11 is 6.53. The highest BCUT2D eigenvalue weighted by atomic mass is 79.9. The number of nitrogens with zero attached hydrogens (tertiary/aromatic N) is 2. The monoisotopic (exact) mass is 386 g/mol. The van der Waals surface area contributed by atoms with Crippen molar-refractivity contribution in [1.29, 1.82) is 0 Å². The molecule has 0 spiro atoms. The van der Waals surface area contributed by atoms with E-state index in [1.165, 1.54) is 12.1 Å². The van der Waals surface area contributed by atoms with E-state index >= 15 is 0 Å². The Morgan fingerprint density at radius 3 is 2.63 bits per heavy atom. The molecule has 0 N–H and O–H groups in total. The largest absolute Gasteiger partial charge is 0.487 e. The van der Waals surface area contributed by atoms with Crippen LogP contribution in [0.25, 0.3) is 0 Å². The molecule has 0 atom stereocenters. The Kier molecular flexibility index (Phi) is 4.49. The summed E-state index contributed by atoms with van der Waals surface area (Å²) in [6.45, 7) is 0.307. The van der Waals surface area contributed by atoms with Crippen LogP contribution in [0, 0.1) is 10.1 Å². The Hall–Kier alpha value is -1.47. The van der Waals surface area contributed by atoms with Gasteiger partial charge in [0.2, 0.25) is 0 Å². The average Bonchev–Trinajstić information content (AvgIpc) is 2.39. The first kappa shape index (κ1) is 14.0. The van der Waals surface area contributed by atoms with E-state index in [-0.39, 0.29) is 5.69 Å². The van der Waals surface area contributed by atoms with Crippen molar-refractivity contribution in [3.8, 4) is 5.75 Å². The minimum absolute atomic E-state index is 0.0425. The van der Waals surface area contributed by atoms with E-state index < -0.39 is 4.92 Å². The fraction of sp³-hybridized carbons (Fsp3) is 0.0833. The van der Waals surface area contributed by atoms with Gasteiger partial charge in [0.05, 0.1) is 11.1 Å². The Bertz CT molecular complexity index is 602. The lowest BCUT2D eigenvalue weighted by molar-refractivity contribution is -0.384. The maximum Gasteiger partial charge on any atom is 0.270 e. The molecular weight excluding hydrogens is 380 g/mol. The zero-order valence-corrected chi connectivity index (χ0v) is 12.7. The van der Waals surface area contributed by atoms with E-state index in [1.54, 1.807) is 24.4 Å². The van der Waals surface area contributed by atoms with Gasteiger partial charge in [0, 0.05) is 22.2 Å². The highest BCUT2D eigenvalue weighted by molar-refractivity contribution is 9.10. The quantitative estimate of drug-likeness (QED) is 0.450. The first-order valence-corrected chi connectivity index (χ1v) is 6.82. The lowest BCUT2D eigenvalue weighted by Gasteiger charge is -2.07. The molecule has 0 aliphatic heterocycles. The normalized spacial score (nSPS) is 10.2. The highest BCUT2D eigenvalue weighted by Crippen LogP contribution is 2.24. The molecule has 5 nitrogen and oxygen atoms in total. The summed E-state index contributed by atoms with van der Waals surface area (Å²) in [5.41, 5.74) is 0.870. The molecule has 1 heterocycles. The molecule has 0 saturated carbocycles. The first-order chi connectivity index (χ1) is 9.06. The number of benzene rings is 1. The van der Waals surface area contributed by atoms with Gasteiger partial charge in [-0.2, -0.15) is 0 Å². The second-order valence-corrected chi connectivity index (χ2v) is 5.30. The molecule has 0 amide bonds. The molecule has 7 heteroatoms. The lowest BCUT2D eigenvalue weighted by atomic mass is 10.2. The standard InChI is InChI=1S/C12H8Br2N2O3/c13-11-5-9(16(17)18)2-1-8(11)7-19-10-3-4-12(14)15-6-10/h1-6H,7H2. The third kappa shape index (κ3) is 3.74.